The number of methoxy groups -OCH3 is 2. The quantitative estimate of drug-likeness (QED) is 0.251. The summed E-state index contributed by atoms with van der Waals surface area (Å²) in [4.78, 5) is 12.0. The first-order valence-electron chi connectivity index (χ1n) is 10.4. The minimum atomic E-state index is -0.447. The predicted molar refractivity (Wildman–Crippen MR) is 128 cm³/mol. The second kappa shape index (κ2) is 12.6. The summed E-state index contributed by atoms with van der Waals surface area (Å²) in [5.41, 5.74) is 3.78. The number of amides is 2. The second-order valence-corrected chi connectivity index (χ2v) is 6.80. The number of hydrogen-bond donors (Lipinski definition) is 2. The summed E-state index contributed by atoms with van der Waals surface area (Å²) in [6, 6.07) is 21.6. The van der Waals surface area contributed by atoms with Crippen LogP contribution in [0.25, 0.3) is 0 Å². The lowest BCUT2D eigenvalue weighted by Crippen LogP contribution is -2.24. The average Bonchev–Trinajstić information content (AvgIpc) is 2.85. The van der Waals surface area contributed by atoms with Crippen molar-refractivity contribution in [2.45, 2.75) is 6.42 Å². The van der Waals surface area contributed by atoms with Gasteiger partial charge < -0.3 is 24.3 Å². The monoisotopic (exact) mass is 449 g/mol. The minimum absolute atomic E-state index is 0.410. The van der Waals surface area contributed by atoms with Gasteiger partial charge >= 0.3 is 6.03 Å². The number of para-hydroxylation sites is 2. The van der Waals surface area contributed by atoms with Gasteiger partial charge in [0.2, 0.25) is 0 Å². The summed E-state index contributed by atoms with van der Waals surface area (Å²) < 4.78 is 22.3. The molecule has 8 nitrogen and oxygen atoms in total. The molecule has 2 N–H and O–H groups in total. The standard InChI is InChI=1S/C25H27N3O5/c1-30-21-12-7-13-22(17-21)32-15-8-16-33-24-19(9-6-14-23(24)31-2)18-26-28-25(29)27-20-10-4-3-5-11-20/h3-7,9-14,17-18H,8,15-16H2,1-2H3,(H2,27,28,29)/b26-18+. The van der Waals surface area contributed by atoms with Gasteiger partial charge in [0.15, 0.2) is 11.5 Å². The van der Waals surface area contributed by atoms with Crippen molar-refractivity contribution < 1.29 is 23.7 Å². The van der Waals surface area contributed by atoms with E-state index in [1.165, 1.54) is 6.21 Å². The van der Waals surface area contributed by atoms with Crippen molar-refractivity contribution in [3.05, 3.63) is 78.4 Å². The van der Waals surface area contributed by atoms with Crippen LogP contribution in [0.2, 0.25) is 0 Å². The maximum absolute atomic E-state index is 12.0. The summed E-state index contributed by atoms with van der Waals surface area (Å²) in [5.74, 6) is 2.59. The van der Waals surface area contributed by atoms with Crippen molar-refractivity contribution in [2.24, 2.45) is 5.10 Å². The van der Waals surface area contributed by atoms with Gasteiger partial charge in [-0.15, -0.1) is 0 Å². The number of rotatable bonds is 11. The van der Waals surface area contributed by atoms with Crippen molar-refractivity contribution in [1.29, 1.82) is 0 Å². The first-order valence-corrected chi connectivity index (χ1v) is 10.4. The number of nitrogens with one attached hydrogen (secondary N) is 2. The summed E-state index contributed by atoms with van der Waals surface area (Å²) in [6.07, 6.45) is 2.17. The molecule has 0 saturated heterocycles. The van der Waals surface area contributed by atoms with E-state index in [-0.39, 0.29) is 0 Å². The lowest BCUT2D eigenvalue weighted by atomic mass is 10.2. The van der Waals surface area contributed by atoms with Gasteiger partial charge in [0.1, 0.15) is 11.5 Å². The minimum Gasteiger partial charge on any atom is -0.497 e. The molecule has 0 aromatic heterocycles. The Balaban J connectivity index is 1.52. The number of carbonyl (C=O) groups excluding carboxylic acids is 1. The molecule has 0 radical (unpaired) electrons. The van der Waals surface area contributed by atoms with Gasteiger partial charge in [0, 0.05) is 23.7 Å². The van der Waals surface area contributed by atoms with E-state index in [1.54, 1.807) is 32.4 Å². The highest BCUT2D eigenvalue weighted by Gasteiger charge is 2.10. The number of hydrogen-bond acceptors (Lipinski definition) is 6. The smallest absolute Gasteiger partial charge is 0.339 e. The van der Waals surface area contributed by atoms with Crippen LogP contribution in [0.3, 0.4) is 0 Å². The zero-order valence-corrected chi connectivity index (χ0v) is 18.6. The highest BCUT2D eigenvalue weighted by atomic mass is 16.5. The molecule has 0 heterocycles. The Kier molecular flexibility index (Phi) is 8.96. The second-order valence-electron chi connectivity index (χ2n) is 6.80. The summed E-state index contributed by atoms with van der Waals surface area (Å²) in [5, 5.41) is 6.71. The molecule has 172 valence electrons. The molecule has 0 aliphatic heterocycles. The molecule has 0 atom stereocenters. The van der Waals surface area contributed by atoms with Crippen LogP contribution in [0, 0.1) is 0 Å². The first kappa shape index (κ1) is 23.5. The van der Waals surface area contributed by atoms with E-state index in [1.807, 2.05) is 54.6 Å². The molecule has 0 bridgehead atoms. The number of ether oxygens (including phenoxy) is 4. The normalized spacial score (nSPS) is 10.5. The number of nitrogens with zero attached hydrogens (tertiary/aromatic N) is 1. The summed E-state index contributed by atoms with van der Waals surface area (Å²) in [6.45, 7) is 0.889. The number of anilines is 1. The Morgan fingerprint density at radius 1 is 0.879 bits per heavy atom. The van der Waals surface area contributed by atoms with Gasteiger partial charge in [-0.25, -0.2) is 10.2 Å². The Morgan fingerprint density at radius 3 is 2.42 bits per heavy atom. The number of benzene rings is 3. The van der Waals surface area contributed by atoms with Gasteiger partial charge in [-0.3, -0.25) is 0 Å². The molecule has 2 amide bonds. The fourth-order valence-electron chi connectivity index (χ4n) is 2.90. The van der Waals surface area contributed by atoms with Crippen molar-refractivity contribution >= 4 is 17.9 Å². The molecule has 0 aliphatic rings. The molecule has 3 aromatic rings. The maximum Gasteiger partial charge on any atom is 0.339 e. The van der Waals surface area contributed by atoms with Gasteiger partial charge in [-0.1, -0.05) is 30.3 Å². The van der Waals surface area contributed by atoms with E-state index in [0.29, 0.717) is 42.4 Å². The molecule has 0 saturated carbocycles. The lowest BCUT2D eigenvalue weighted by Gasteiger charge is -2.13. The van der Waals surface area contributed by atoms with Crippen LogP contribution in [0.15, 0.2) is 77.9 Å². The molecular weight excluding hydrogens is 422 g/mol. The van der Waals surface area contributed by atoms with E-state index >= 15 is 0 Å². The average molecular weight is 450 g/mol. The van der Waals surface area contributed by atoms with Crippen LogP contribution in [0.1, 0.15) is 12.0 Å². The topological polar surface area (TPSA) is 90.4 Å². The van der Waals surface area contributed by atoms with Crippen LogP contribution >= 0.6 is 0 Å². The molecule has 3 aromatic carbocycles. The van der Waals surface area contributed by atoms with Crippen LogP contribution in [0.5, 0.6) is 23.0 Å². The SMILES string of the molecule is COc1cccc(OCCCOc2c(/C=N/NC(=O)Nc3ccccc3)cccc2OC)c1. The van der Waals surface area contributed by atoms with E-state index in [0.717, 1.165) is 11.5 Å². The molecule has 8 heteroatoms. The highest BCUT2D eigenvalue weighted by molar-refractivity contribution is 5.91. The largest absolute Gasteiger partial charge is 0.497 e. The Morgan fingerprint density at radius 2 is 1.64 bits per heavy atom. The summed E-state index contributed by atoms with van der Waals surface area (Å²) in [7, 11) is 3.19. The molecule has 3 rings (SSSR count). The third-order valence-corrected chi connectivity index (χ3v) is 4.48. The van der Waals surface area contributed by atoms with E-state index in [2.05, 4.69) is 15.8 Å². The Bertz CT molecular complexity index is 1060. The van der Waals surface area contributed by atoms with Gasteiger partial charge in [0.05, 0.1) is 33.6 Å². The lowest BCUT2D eigenvalue weighted by molar-refractivity contribution is 0.239. The maximum atomic E-state index is 12.0. The fraction of sp³-hybridized carbons (Fsp3) is 0.200. The highest BCUT2D eigenvalue weighted by Crippen LogP contribution is 2.30. The third-order valence-electron chi connectivity index (χ3n) is 4.48. The predicted octanol–water partition coefficient (Wildman–Crippen LogP) is 4.71. The zero-order chi connectivity index (χ0) is 23.3. The third kappa shape index (κ3) is 7.46. The van der Waals surface area contributed by atoms with Crippen molar-refractivity contribution in [3.63, 3.8) is 0 Å². The number of carbonyl (C=O) groups is 1. The molecule has 0 spiro atoms. The van der Waals surface area contributed by atoms with Crippen LogP contribution in [0.4, 0.5) is 10.5 Å². The Hall–Kier alpha value is -4.20. The van der Waals surface area contributed by atoms with Gasteiger partial charge in [0.25, 0.3) is 0 Å². The van der Waals surface area contributed by atoms with E-state index in [9.17, 15) is 4.79 Å². The fourth-order valence-corrected chi connectivity index (χ4v) is 2.90. The van der Waals surface area contributed by atoms with Crippen LogP contribution in [-0.2, 0) is 0 Å². The van der Waals surface area contributed by atoms with E-state index in [4.69, 9.17) is 18.9 Å². The van der Waals surface area contributed by atoms with Crippen molar-refractivity contribution in [2.75, 3.05) is 32.8 Å². The number of hydrazone groups is 1. The van der Waals surface area contributed by atoms with Crippen LogP contribution < -0.4 is 29.7 Å². The molecule has 0 aliphatic carbocycles. The molecular formula is C25H27N3O5. The molecule has 0 unspecified atom stereocenters. The first-order chi connectivity index (χ1) is 16.2. The Labute approximate surface area is 193 Å². The number of urea groups is 1. The van der Waals surface area contributed by atoms with E-state index < -0.39 is 6.03 Å². The molecule has 33 heavy (non-hydrogen) atoms. The van der Waals surface area contributed by atoms with Gasteiger partial charge in [-0.2, -0.15) is 5.10 Å². The summed E-state index contributed by atoms with van der Waals surface area (Å²) >= 11 is 0. The zero-order valence-electron chi connectivity index (χ0n) is 18.6. The van der Waals surface area contributed by atoms with Crippen LogP contribution in [-0.4, -0.2) is 39.7 Å². The van der Waals surface area contributed by atoms with Crippen molar-refractivity contribution in [3.8, 4) is 23.0 Å². The van der Waals surface area contributed by atoms with Crippen molar-refractivity contribution in [1.82, 2.24) is 5.43 Å². The van der Waals surface area contributed by atoms with Gasteiger partial charge in [-0.05, 0) is 36.4 Å². The molecule has 0 fully saturated rings.